The summed E-state index contributed by atoms with van der Waals surface area (Å²) in [6.45, 7) is 3.74. The van der Waals surface area contributed by atoms with Gasteiger partial charge < -0.3 is 4.90 Å². The van der Waals surface area contributed by atoms with E-state index in [2.05, 4.69) is 0 Å². The fraction of sp³-hybridized carbons (Fsp3) is 0.471. The highest BCUT2D eigenvalue weighted by atomic mass is 35.5. The van der Waals surface area contributed by atoms with Gasteiger partial charge in [0.15, 0.2) is 0 Å². The summed E-state index contributed by atoms with van der Waals surface area (Å²) in [6.07, 6.45) is 2.95. The lowest BCUT2D eigenvalue weighted by atomic mass is 9.97. The average Bonchev–Trinajstić information content (AvgIpc) is 2.73. The van der Waals surface area contributed by atoms with Crippen LogP contribution in [-0.2, 0) is 4.79 Å². The highest BCUT2D eigenvalue weighted by molar-refractivity contribution is 6.43. The number of likely N-dealkylation sites (tertiary alicyclic amines) is 1. The molecule has 7 heteroatoms. The van der Waals surface area contributed by atoms with Crippen LogP contribution in [0.15, 0.2) is 12.1 Å². The molecule has 1 aromatic rings. The van der Waals surface area contributed by atoms with Crippen molar-refractivity contribution in [1.29, 1.82) is 0 Å². The summed E-state index contributed by atoms with van der Waals surface area (Å²) in [5, 5.41) is 0.422. The predicted octanol–water partition coefficient (Wildman–Crippen LogP) is 3.38. The molecule has 0 spiro atoms. The minimum Gasteiger partial charge on any atom is -0.336 e. The largest absolute Gasteiger partial charge is 0.336 e. The Morgan fingerprint density at radius 2 is 1.50 bits per heavy atom. The van der Waals surface area contributed by atoms with Crippen molar-refractivity contribution in [2.45, 2.75) is 45.2 Å². The Hall–Kier alpha value is -1.59. The Morgan fingerprint density at radius 3 is 1.96 bits per heavy atom. The molecule has 0 N–H and O–H groups in total. The molecule has 1 fully saturated rings. The quantitative estimate of drug-likeness (QED) is 0.751. The summed E-state index contributed by atoms with van der Waals surface area (Å²) in [5.74, 6) is -1.21. The van der Waals surface area contributed by atoms with Crippen molar-refractivity contribution in [3.8, 4) is 0 Å². The lowest BCUT2D eigenvalue weighted by Crippen LogP contribution is -2.51. The third-order valence-electron chi connectivity index (χ3n) is 4.79. The Bertz CT molecular complexity index is 684. The first-order valence-corrected chi connectivity index (χ1v) is 8.73. The summed E-state index contributed by atoms with van der Waals surface area (Å²) in [5.41, 5.74) is 0.392. The second-order valence-corrected chi connectivity index (χ2v) is 7.25. The van der Waals surface area contributed by atoms with Gasteiger partial charge in [0.05, 0.1) is 21.2 Å². The van der Waals surface area contributed by atoms with E-state index in [1.807, 2.05) is 13.8 Å². The Labute approximate surface area is 150 Å². The number of halogens is 2. The van der Waals surface area contributed by atoms with E-state index in [0.717, 1.165) is 24.2 Å². The number of benzene rings is 1. The minimum atomic E-state index is -0.501. The molecule has 5 nitrogen and oxygen atoms in total. The molecular formula is C17H18Cl2N2O3. The molecule has 2 aliphatic rings. The van der Waals surface area contributed by atoms with Crippen LogP contribution in [0.2, 0.25) is 10.0 Å². The van der Waals surface area contributed by atoms with Crippen molar-refractivity contribution in [3.63, 3.8) is 0 Å². The molecule has 0 saturated carbocycles. The molecule has 0 unspecified atom stereocenters. The second-order valence-electron chi connectivity index (χ2n) is 6.44. The summed E-state index contributed by atoms with van der Waals surface area (Å²) >= 11 is 11.9. The summed E-state index contributed by atoms with van der Waals surface area (Å²) in [4.78, 5) is 40.4. The van der Waals surface area contributed by atoms with Gasteiger partial charge in [0.2, 0.25) is 5.91 Å². The van der Waals surface area contributed by atoms with E-state index in [1.165, 1.54) is 12.1 Å². The average molecular weight is 369 g/mol. The zero-order valence-electron chi connectivity index (χ0n) is 13.5. The highest BCUT2D eigenvalue weighted by Crippen LogP contribution is 2.32. The van der Waals surface area contributed by atoms with Gasteiger partial charge in [-0.2, -0.15) is 0 Å². The van der Waals surface area contributed by atoms with Gasteiger partial charge in [0.1, 0.15) is 6.54 Å². The summed E-state index contributed by atoms with van der Waals surface area (Å²) < 4.78 is 0. The fourth-order valence-electron chi connectivity index (χ4n) is 3.56. The van der Waals surface area contributed by atoms with Crippen molar-refractivity contribution in [1.82, 2.24) is 9.80 Å². The van der Waals surface area contributed by atoms with E-state index in [0.29, 0.717) is 0 Å². The third kappa shape index (κ3) is 2.80. The van der Waals surface area contributed by atoms with E-state index in [9.17, 15) is 14.4 Å². The molecule has 1 aromatic carbocycles. The summed E-state index contributed by atoms with van der Waals surface area (Å²) in [7, 11) is 0. The maximum absolute atomic E-state index is 12.7. The molecule has 2 heterocycles. The molecule has 2 atom stereocenters. The number of carbonyl (C=O) groups is 3. The van der Waals surface area contributed by atoms with Crippen molar-refractivity contribution < 1.29 is 14.4 Å². The van der Waals surface area contributed by atoms with Crippen molar-refractivity contribution in [2.75, 3.05) is 6.54 Å². The predicted molar refractivity (Wildman–Crippen MR) is 91.5 cm³/mol. The Morgan fingerprint density at radius 1 is 1.04 bits per heavy atom. The molecule has 2 aliphatic heterocycles. The molecular weight excluding hydrogens is 351 g/mol. The molecule has 0 aliphatic carbocycles. The second kappa shape index (κ2) is 6.37. The Kier molecular flexibility index (Phi) is 4.58. The van der Waals surface area contributed by atoms with Crippen LogP contribution in [0.3, 0.4) is 0 Å². The van der Waals surface area contributed by atoms with Crippen molar-refractivity contribution in [3.05, 3.63) is 33.3 Å². The van der Waals surface area contributed by atoms with Gasteiger partial charge >= 0.3 is 0 Å². The number of nitrogens with zero attached hydrogens (tertiary/aromatic N) is 2. The molecule has 0 bridgehead atoms. The first-order valence-electron chi connectivity index (χ1n) is 7.97. The molecule has 1 saturated heterocycles. The van der Waals surface area contributed by atoms with Crippen LogP contribution in [-0.4, -0.2) is 46.1 Å². The number of hydrogen-bond acceptors (Lipinski definition) is 3. The van der Waals surface area contributed by atoms with Crippen molar-refractivity contribution >= 4 is 40.9 Å². The molecule has 128 valence electrons. The smallest absolute Gasteiger partial charge is 0.262 e. The van der Waals surface area contributed by atoms with Crippen LogP contribution in [0.25, 0.3) is 0 Å². The van der Waals surface area contributed by atoms with Crippen LogP contribution in [0.5, 0.6) is 0 Å². The number of carbonyl (C=O) groups excluding carboxylic acids is 3. The first kappa shape index (κ1) is 17.2. The lowest BCUT2D eigenvalue weighted by Gasteiger charge is -2.39. The molecule has 0 aromatic heterocycles. The monoisotopic (exact) mass is 368 g/mol. The van der Waals surface area contributed by atoms with Crippen LogP contribution < -0.4 is 0 Å². The molecule has 3 rings (SSSR count). The van der Waals surface area contributed by atoms with Gasteiger partial charge in [0.25, 0.3) is 11.8 Å². The maximum atomic E-state index is 12.7. The van der Waals surface area contributed by atoms with Crippen molar-refractivity contribution in [2.24, 2.45) is 0 Å². The van der Waals surface area contributed by atoms with Gasteiger partial charge in [0, 0.05) is 12.1 Å². The van der Waals surface area contributed by atoms with E-state index in [4.69, 9.17) is 23.2 Å². The number of rotatable bonds is 2. The zero-order valence-corrected chi connectivity index (χ0v) is 15.0. The number of amides is 3. The topological polar surface area (TPSA) is 57.7 Å². The highest BCUT2D eigenvalue weighted by Gasteiger charge is 2.39. The van der Waals surface area contributed by atoms with Gasteiger partial charge in [-0.15, -0.1) is 0 Å². The first-order chi connectivity index (χ1) is 11.3. The maximum Gasteiger partial charge on any atom is 0.262 e. The van der Waals surface area contributed by atoms with Gasteiger partial charge in [-0.25, -0.2) is 0 Å². The molecule has 3 amide bonds. The van der Waals surface area contributed by atoms with E-state index < -0.39 is 11.8 Å². The SMILES string of the molecule is C[C@H]1CCC[C@H](C)N1C(=O)CN1C(=O)c2cc(Cl)c(Cl)cc2C1=O. The normalized spacial score (nSPS) is 23.7. The van der Waals surface area contributed by atoms with E-state index in [-0.39, 0.29) is 45.7 Å². The molecule has 0 radical (unpaired) electrons. The standard InChI is InChI=1S/C17H18Cl2N2O3/c1-9-4-3-5-10(2)21(9)15(22)8-20-16(23)11-6-13(18)14(19)7-12(11)17(20)24/h6-7,9-10H,3-5,8H2,1-2H3/t9-,10-/m0/s1. The lowest BCUT2D eigenvalue weighted by molar-refractivity contribution is -0.137. The minimum absolute atomic E-state index is 0.111. The number of piperidine rings is 1. The van der Waals surface area contributed by atoms with E-state index >= 15 is 0 Å². The van der Waals surface area contributed by atoms with Gasteiger partial charge in [-0.3, -0.25) is 19.3 Å². The number of hydrogen-bond donors (Lipinski definition) is 0. The van der Waals surface area contributed by atoms with Crippen LogP contribution in [0.4, 0.5) is 0 Å². The van der Waals surface area contributed by atoms with Crippen LogP contribution >= 0.6 is 23.2 Å². The van der Waals surface area contributed by atoms with Crippen LogP contribution in [0, 0.1) is 0 Å². The van der Waals surface area contributed by atoms with Gasteiger partial charge in [-0.05, 0) is 45.2 Å². The third-order valence-corrected chi connectivity index (χ3v) is 5.51. The molecule has 24 heavy (non-hydrogen) atoms. The zero-order chi connectivity index (χ0) is 17.6. The van der Waals surface area contributed by atoms with Crippen LogP contribution in [0.1, 0.15) is 53.8 Å². The number of imide groups is 1. The van der Waals surface area contributed by atoms with E-state index in [1.54, 1.807) is 4.90 Å². The fourth-order valence-corrected chi connectivity index (χ4v) is 3.88. The Balaban J connectivity index is 1.82. The number of fused-ring (bicyclic) bond motifs is 1. The summed E-state index contributed by atoms with van der Waals surface area (Å²) in [6, 6.07) is 2.99. The van der Waals surface area contributed by atoms with Gasteiger partial charge in [-0.1, -0.05) is 23.2 Å².